The highest BCUT2D eigenvalue weighted by Crippen LogP contribution is 2.30. The van der Waals surface area contributed by atoms with Gasteiger partial charge in [0.25, 0.3) is 0 Å². The Morgan fingerprint density at radius 1 is 0.967 bits per heavy atom. The minimum absolute atomic E-state index is 0.108. The van der Waals surface area contributed by atoms with Crippen LogP contribution in [0.3, 0.4) is 0 Å². The van der Waals surface area contributed by atoms with Gasteiger partial charge in [-0.2, -0.15) is 0 Å². The van der Waals surface area contributed by atoms with Gasteiger partial charge in [0.1, 0.15) is 11.6 Å². The fourth-order valence-electron chi connectivity index (χ4n) is 3.54. The lowest BCUT2D eigenvalue weighted by molar-refractivity contribution is 0.300. The van der Waals surface area contributed by atoms with Crippen LogP contribution in [-0.2, 0) is 0 Å². The van der Waals surface area contributed by atoms with Gasteiger partial charge >= 0.3 is 0 Å². The maximum Gasteiger partial charge on any atom is 0.163 e. The van der Waals surface area contributed by atoms with Crippen molar-refractivity contribution in [2.24, 2.45) is 0 Å². The van der Waals surface area contributed by atoms with Crippen molar-refractivity contribution in [3.63, 3.8) is 0 Å². The first-order valence-corrected chi connectivity index (χ1v) is 9.88. The molecule has 1 N–H and O–H groups in total. The van der Waals surface area contributed by atoms with Gasteiger partial charge in [0.05, 0.1) is 18.7 Å². The zero-order valence-corrected chi connectivity index (χ0v) is 17.4. The van der Waals surface area contributed by atoms with Crippen LogP contribution in [0, 0.1) is 0 Å². The summed E-state index contributed by atoms with van der Waals surface area (Å²) < 4.78 is 5.59. The first-order valence-electron chi connectivity index (χ1n) is 9.88. The largest absolute Gasteiger partial charge is 0.496 e. The van der Waals surface area contributed by atoms with Gasteiger partial charge in [0.15, 0.2) is 5.82 Å². The summed E-state index contributed by atoms with van der Waals surface area (Å²) in [6, 6.07) is 20.1. The number of para-hydroxylation sites is 2. The first-order chi connectivity index (χ1) is 14.7. The summed E-state index contributed by atoms with van der Waals surface area (Å²) in [4.78, 5) is 15.9. The normalized spacial score (nSPS) is 12.1. The monoisotopic (exact) mass is 399 g/mol. The predicted octanol–water partition coefficient (Wildman–Crippen LogP) is 4.42. The van der Waals surface area contributed by atoms with Gasteiger partial charge in [0, 0.05) is 35.5 Å². The highest BCUT2D eigenvalue weighted by molar-refractivity contribution is 5.90. The van der Waals surface area contributed by atoms with Gasteiger partial charge in [-0.05, 0) is 44.4 Å². The molecule has 0 aliphatic carbocycles. The standard InChI is InChI=1S/C24H25N5O/c1-29(2)21(19-11-5-7-13-22(19)30-3)16-26-24-18-10-4-6-12-20(18)27-23(28-24)17-9-8-14-25-15-17/h4-15,21H,16H2,1-3H3,(H,26,27,28)/t21-/m0/s1. The van der Waals surface area contributed by atoms with Crippen molar-refractivity contribution < 1.29 is 4.74 Å². The SMILES string of the molecule is COc1ccccc1[C@H](CNc1nc(-c2cccnc2)nc2ccccc12)N(C)C. The Hall–Kier alpha value is -3.51. The van der Waals surface area contributed by atoms with Crippen LogP contribution in [0.5, 0.6) is 5.75 Å². The number of hydrogen-bond donors (Lipinski definition) is 1. The number of hydrogen-bond acceptors (Lipinski definition) is 6. The summed E-state index contributed by atoms with van der Waals surface area (Å²) in [5.41, 5.74) is 2.91. The first kappa shape index (κ1) is 19.8. The van der Waals surface area contributed by atoms with Gasteiger partial charge in [-0.3, -0.25) is 4.98 Å². The van der Waals surface area contributed by atoms with Crippen molar-refractivity contribution in [3.05, 3.63) is 78.6 Å². The Labute approximate surface area is 176 Å². The molecule has 0 amide bonds. The lowest BCUT2D eigenvalue weighted by Crippen LogP contribution is -2.27. The molecule has 4 rings (SSSR count). The molecule has 0 unspecified atom stereocenters. The van der Waals surface area contributed by atoms with Crippen molar-refractivity contribution in [2.45, 2.75) is 6.04 Å². The number of rotatable bonds is 7. The second-order valence-corrected chi connectivity index (χ2v) is 7.26. The van der Waals surface area contributed by atoms with Crippen molar-refractivity contribution >= 4 is 16.7 Å². The fourth-order valence-corrected chi connectivity index (χ4v) is 3.54. The van der Waals surface area contributed by atoms with Crippen LogP contribution in [0.25, 0.3) is 22.3 Å². The Morgan fingerprint density at radius 2 is 1.77 bits per heavy atom. The predicted molar refractivity (Wildman–Crippen MR) is 121 cm³/mol. The number of likely N-dealkylation sites (N-methyl/N-ethyl adjacent to an activating group) is 1. The van der Waals surface area contributed by atoms with E-state index in [-0.39, 0.29) is 6.04 Å². The minimum atomic E-state index is 0.108. The molecule has 2 aromatic heterocycles. The number of methoxy groups -OCH3 is 1. The maximum atomic E-state index is 5.59. The highest BCUT2D eigenvalue weighted by Gasteiger charge is 2.19. The van der Waals surface area contributed by atoms with E-state index in [1.54, 1.807) is 19.5 Å². The van der Waals surface area contributed by atoms with Crippen LogP contribution < -0.4 is 10.1 Å². The summed E-state index contributed by atoms with van der Waals surface area (Å²) in [5.74, 6) is 2.34. The van der Waals surface area contributed by atoms with E-state index in [4.69, 9.17) is 14.7 Å². The van der Waals surface area contributed by atoms with Crippen molar-refractivity contribution in [3.8, 4) is 17.1 Å². The molecule has 0 bridgehead atoms. The number of nitrogens with one attached hydrogen (secondary N) is 1. The van der Waals surface area contributed by atoms with E-state index in [1.165, 1.54) is 0 Å². The third-order valence-electron chi connectivity index (χ3n) is 5.11. The molecule has 2 aromatic carbocycles. The van der Waals surface area contributed by atoms with E-state index in [1.807, 2.05) is 54.6 Å². The Morgan fingerprint density at radius 3 is 2.53 bits per heavy atom. The van der Waals surface area contributed by atoms with Crippen LogP contribution in [0.1, 0.15) is 11.6 Å². The lowest BCUT2D eigenvalue weighted by Gasteiger charge is -2.27. The molecule has 0 fully saturated rings. The molecule has 0 saturated carbocycles. The number of anilines is 1. The molecule has 30 heavy (non-hydrogen) atoms. The summed E-state index contributed by atoms with van der Waals surface area (Å²) in [6.07, 6.45) is 3.53. The molecular formula is C24H25N5O. The average molecular weight is 399 g/mol. The van der Waals surface area contributed by atoms with Gasteiger partial charge in [-0.25, -0.2) is 9.97 Å². The van der Waals surface area contributed by atoms with Crippen LogP contribution in [0.4, 0.5) is 5.82 Å². The molecule has 1 atom stereocenters. The molecule has 4 aromatic rings. The highest BCUT2D eigenvalue weighted by atomic mass is 16.5. The van der Waals surface area contributed by atoms with E-state index in [2.05, 4.69) is 35.4 Å². The van der Waals surface area contributed by atoms with Gasteiger partial charge in [-0.15, -0.1) is 0 Å². The molecule has 0 saturated heterocycles. The maximum absolute atomic E-state index is 5.59. The van der Waals surface area contributed by atoms with E-state index in [0.717, 1.165) is 33.6 Å². The van der Waals surface area contributed by atoms with Crippen LogP contribution in [-0.4, -0.2) is 47.6 Å². The molecular weight excluding hydrogens is 374 g/mol. The summed E-state index contributed by atoms with van der Waals surface area (Å²) >= 11 is 0. The van der Waals surface area contributed by atoms with E-state index in [0.29, 0.717) is 12.4 Å². The second kappa shape index (κ2) is 8.88. The van der Waals surface area contributed by atoms with E-state index >= 15 is 0 Å². The van der Waals surface area contributed by atoms with Crippen molar-refractivity contribution in [2.75, 3.05) is 33.1 Å². The quantitative estimate of drug-likeness (QED) is 0.496. The molecule has 6 heteroatoms. The zero-order valence-electron chi connectivity index (χ0n) is 17.4. The lowest BCUT2D eigenvalue weighted by atomic mass is 10.0. The smallest absolute Gasteiger partial charge is 0.163 e. The molecule has 0 radical (unpaired) electrons. The number of benzene rings is 2. The Bertz CT molecular complexity index is 1130. The van der Waals surface area contributed by atoms with Crippen LogP contribution >= 0.6 is 0 Å². The van der Waals surface area contributed by atoms with Gasteiger partial charge in [0.2, 0.25) is 0 Å². The number of aromatic nitrogens is 3. The second-order valence-electron chi connectivity index (χ2n) is 7.26. The van der Waals surface area contributed by atoms with Crippen LogP contribution in [0.2, 0.25) is 0 Å². The average Bonchev–Trinajstić information content (AvgIpc) is 2.79. The van der Waals surface area contributed by atoms with E-state index in [9.17, 15) is 0 Å². The molecule has 0 spiro atoms. The van der Waals surface area contributed by atoms with Crippen LogP contribution in [0.15, 0.2) is 73.1 Å². The Balaban J connectivity index is 1.70. The number of nitrogens with zero attached hydrogens (tertiary/aromatic N) is 4. The number of pyridine rings is 1. The molecule has 6 nitrogen and oxygen atoms in total. The molecule has 0 aliphatic rings. The third-order valence-corrected chi connectivity index (χ3v) is 5.11. The Kier molecular flexibility index (Phi) is 5.86. The minimum Gasteiger partial charge on any atom is -0.496 e. The van der Waals surface area contributed by atoms with Crippen molar-refractivity contribution in [1.29, 1.82) is 0 Å². The number of fused-ring (bicyclic) bond motifs is 1. The molecule has 2 heterocycles. The van der Waals surface area contributed by atoms with Gasteiger partial charge < -0.3 is 15.0 Å². The topological polar surface area (TPSA) is 63.2 Å². The fraction of sp³-hybridized carbons (Fsp3) is 0.208. The summed E-state index contributed by atoms with van der Waals surface area (Å²) in [6.45, 7) is 0.668. The van der Waals surface area contributed by atoms with Gasteiger partial charge in [-0.1, -0.05) is 30.3 Å². The third kappa shape index (κ3) is 4.09. The van der Waals surface area contributed by atoms with E-state index < -0.39 is 0 Å². The zero-order chi connectivity index (χ0) is 20.9. The number of ether oxygens (including phenoxy) is 1. The van der Waals surface area contributed by atoms with Crippen molar-refractivity contribution in [1.82, 2.24) is 19.9 Å². The summed E-state index contributed by atoms with van der Waals surface area (Å²) in [5, 5.41) is 4.55. The molecule has 0 aliphatic heterocycles. The molecule has 152 valence electrons. The summed E-state index contributed by atoms with van der Waals surface area (Å²) in [7, 11) is 5.84.